The minimum Gasteiger partial charge on any atom is -0.337 e. The lowest BCUT2D eigenvalue weighted by atomic mass is 10.2. The summed E-state index contributed by atoms with van der Waals surface area (Å²) in [6, 6.07) is 0.332. The van der Waals surface area contributed by atoms with Gasteiger partial charge in [-0.05, 0) is 0 Å². The summed E-state index contributed by atoms with van der Waals surface area (Å²) in [6.07, 6.45) is 3.38. The summed E-state index contributed by atoms with van der Waals surface area (Å²) in [5, 5.41) is 11.0. The van der Waals surface area contributed by atoms with Crippen LogP contribution in [-0.2, 0) is 0 Å². The molecule has 86 valence electrons. The molecule has 1 aromatic rings. The van der Waals surface area contributed by atoms with E-state index in [9.17, 15) is 4.79 Å². The summed E-state index contributed by atoms with van der Waals surface area (Å²) in [5.41, 5.74) is 0.385. The Labute approximate surface area is 93.9 Å². The Balaban J connectivity index is 2.05. The Hall–Kier alpha value is -1.69. The zero-order chi connectivity index (χ0) is 11.5. The maximum absolute atomic E-state index is 11.8. The maximum Gasteiger partial charge on any atom is 0.276 e. The van der Waals surface area contributed by atoms with E-state index < -0.39 is 0 Å². The van der Waals surface area contributed by atoms with Crippen LogP contribution >= 0.6 is 0 Å². The highest BCUT2D eigenvalue weighted by Gasteiger charge is 2.22. The summed E-state index contributed by atoms with van der Waals surface area (Å²) in [5.74, 6) is -0.126. The van der Waals surface area contributed by atoms with Crippen LogP contribution in [-0.4, -0.2) is 52.5 Å². The zero-order valence-corrected chi connectivity index (χ0v) is 9.26. The number of hydrogen-bond donors (Lipinski definition) is 1. The van der Waals surface area contributed by atoms with Crippen molar-refractivity contribution in [1.82, 2.24) is 25.2 Å². The molecule has 0 spiro atoms. The molecule has 1 amide bonds. The van der Waals surface area contributed by atoms with E-state index in [1.807, 2.05) is 0 Å². The second kappa shape index (κ2) is 4.44. The van der Waals surface area contributed by atoms with Gasteiger partial charge in [-0.1, -0.05) is 11.3 Å². The quantitative estimate of drug-likeness (QED) is 0.708. The molecule has 2 rings (SSSR count). The number of amides is 1. The van der Waals surface area contributed by atoms with Crippen LogP contribution in [0, 0.1) is 0 Å². The van der Waals surface area contributed by atoms with Gasteiger partial charge < -0.3 is 10.2 Å². The average Bonchev–Trinajstić information content (AvgIpc) is 2.63. The van der Waals surface area contributed by atoms with E-state index in [0.29, 0.717) is 18.3 Å². The Bertz CT molecular complexity index is 396. The third-order valence-corrected chi connectivity index (χ3v) is 2.61. The first-order valence-electron chi connectivity index (χ1n) is 5.21. The molecule has 0 saturated carbocycles. The molecule has 6 nitrogen and oxygen atoms in total. The first-order valence-corrected chi connectivity index (χ1v) is 5.21. The lowest BCUT2D eigenvalue weighted by Gasteiger charge is -2.26. The first kappa shape index (κ1) is 10.8. The Morgan fingerprint density at radius 3 is 3.12 bits per heavy atom. The molecule has 0 bridgehead atoms. The molecular weight excluding hydrogens is 206 g/mol. The normalized spacial score (nSPS) is 15.6. The van der Waals surface area contributed by atoms with E-state index in [2.05, 4.69) is 22.2 Å². The van der Waals surface area contributed by atoms with Crippen molar-refractivity contribution in [2.24, 2.45) is 0 Å². The highest BCUT2D eigenvalue weighted by Crippen LogP contribution is 2.10. The number of hydrogen-bond acceptors (Lipinski definition) is 4. The van der Waals surface area contributed by atoms with Gasteiger partial charge in [-0.3, -0.25) is 4.79 Å². The SMILES string of the molecule is C=CCN(C)C(=O)c1cn(C2CNC2)nn1. The molecule has 16 heavy (non-hydrogen) atoms. The van der Waals surface area contributed by atoms with Crippen molar-refractivity contribution >= 4 is 5.91 Å². The van der Waals surface area contributed by atoms with Gasteiger partial charge >= 0.3 is 0 Å². The number of nitrogens with one attached hydrogen (secondary N) is 1. The van der Waals surface area contributed by atoms with E-state index in [4.69, 9.17) is 0 Å². The van der Waals surface area contributed by atoms with Crippen molar-refractivity contribution < 1.29 is 4.79 Å². The number of carbonyl (C=O) groups excluding carboxylic acids is 1. The molecule has 1 aliphatic heterocycles. The highest BCUT2D eigenvalue weighted by molar-refractivity contribution is 5.91. The Kier molecular flexibility index (Phi) is 3.00. The predicted octanol–water partition coefficient (Wildman–Crippen LogP) is -0.320. The van der Waals surface area contributed by atoms with E-state index in [0.717, 1.165) is 13.1 Å². The van der Waals surface area contributed by atoms with Crippen LogP contribution in [0.3, 0.4) is 0 Å². The summed E-state index contributed by atoms with van der Waals surface area (Å²) in [4.78, 5) is 13.4. The van der Waals surface area contributed by atoms with Crippen LogP contribution in [0.4, 0.5) is 0 Å². The van der Waals surface area contributed by atoms with Gasteiger partial charge in [0, 0.05) is 26.7 Å². The second-order valence-electron chi connectivity index (χ2n) is 3.87. The standard InChI is InChI=1S/C10H15N5O/c1-3-4-14(2)10(16)9-7-15(13-12-9)8-5-11-6-8/h3,7-8,11H,1,4-6H2,2H3. The molecule has 6 heteroatoms. The lowest BCUT2D eigenvalue weighted by molar-refractivity contribution is 0.0804. The Morgan fingerprint density at radius 1 is 1.81 bits per heavy atom. The molecule has 2 heterocycles. The van der Waals surface area contributed by atoms with Crippen LogP contribution in [0.25, 0.3) is 0 Å². The summed E-state index contributed by atoms with van der Waals surface area (Å²) in [7, 11) is 1.72. The predicted molar refractivity (Wildman–Crippen MR) is 59.1 cm³/mol. The molecule has 0 aromatic carbocycles. The number of carbonyl (C=O) groups is 1. The first-order chi connectivity index (χ1) is 7.72. The van der Waals surface area contributed by atoms with Crippen LogP contribution in [0.5, 0.6) is 0 Å². The molecule has 0 radical (unpaired) electrons. The largest absolute Gasteiger partial charge is 0.337 e. The molecule has 0 unspecified atom stereocenters. The summed E-state index contributed by atoms with van der Waals surface area (Å²) < 4.78 is 1.74. The second-order valence-corrected chi connectivity index (χ2v) is 3.87. The average molecular weight is 221 g/mol. The van der Waals surface area contributed by atoms with Crippen molar-refractivity contribution in [2.75, 3.05) is 26.7 Å². The summed E-state index contributed by atoms with van der Waals surface area (Å²) in [6.45, 7) is 5.88. The molecule has 1 fully saturated rings. The third-order valence-electron chi connectivity index (χ3n) is 2.61. The summed E-state index contributed by atoms with van der Waals surface area (Å²) >= 11 is 0. The molecule has 1 saturated heterocycles. The molecule has 1 N–H and O–H groups in total. The van der Waals surface area contributed by atoms with E-state index >= 15 is 0 Å². The van der Waals surface area contributed by atoms with E-state index in [1.165, 1.54) is 0 Å². The van der Waals surface area contributed by atoms with Crippen molar-refractivity contribution in [3.8, 4) is 0 Å². The monoisotopic (exact) mass is 221 g/mol. The molecular formula is C10H15N5O. The van der Waals surface area contributed by atoms with Crippen molar-refractivity contribution in [1.29, 1.82) is 0 Å². The fourth-order valence-corrected chi connectivity index (χ4v) is 1.49. The number of likely N-dealkylation sites (N-methyl/N-ethyl adjacent to an activating group) is 1. The van der Waals surface area contributed by atoms with Crippen LogP contribution in [0.2, 0.25) is 0 Å². The topological polar surface area (TPSA) is 63.1 Å². The fourth-order valence-electron chi connectivity index (χ4n) is 1.49. The van der Waals surface area contributed by atoms with Gasteiger partial charge in [-0.15, -0.1) is 11.7 Å². The van der Waals surface area contributed by atoms with Gasteiger partial charge in [-0.2, -0.15) is 0 Å². The van der Waals surface area contributed by atoms with Crippen LogP contribution in [0.15, 0.2) is 18.9 Å². The number of aromatic nitrogens is 3. The smallest absolute Gasteiger partial charge is 0.276 e. The van der Waals surface area contributed by atoms with E-state index in [-0.39, 0.29) is 5.91 Å². The number of nitrogens with zero attached hydrogens (tertiary/aromatic N) is 4. The van der Waals surface area contributed by atoms with Gasteiger partial charge in [-0.25, -0.2) is 4.68 Å². The third kappa shape index (κ3) is 1.96. The minimum absolute atomic E-state index is 0.126. The molecule has 1 aromatic heterocycles. The van der Waals surface area contributed by atoms with Gasteiger partial charge in [0.2, 0.25) is 0 Å². The molecule has 0 atom stereocenters. The van der Waals surface area contributed by atoms with Crippen molar-refractivity contribution in [3.63, 3.8) is 0 Å². The van der Waals surface area contributed by atoms with Gasteiger partial charge in [0.15, 0.2) is 5.69 Å². The van der Waals surface area contributed by atoms with Gasteiger partial charge in [0.25, 0.3) is 5.91 Å². The highest BCUT2D eigenvalue weighted by atomic mass is 16.2. The lowest BCUT2D eigenvalue weighted by Crippen LogP contribution is -2.43. The zero-order valence-electron chi connectivity index (χ0n) is 9.26. The van der Waals surface area contributed by atoms with Crippen molar-refractivity contribution in [2.45, 2.75) is 6.04 Å². The van der Waals surface area contributed by atoms with Crippen LogP contribution in [0.1, 0.15) is 16.5 Å². The van der Waals surface area contributed by atoms with E-state index in [1.54, 1.807) is 28.9 Å². The Morgan fingerprint density at radius 2 is 2.56 bits per heavy atom. The van der Waals surface area contributed by atoms with Gasteiger partial charge in [0.1, 0.15) is 0 Å². The minimum atomic E-state index is -0.126. The fraction of sp³-hybridized carbons (Fsp3) is 0.500. The number of rotatable bonds is 4. The van der Waals surface area contributed by atoms with Gasteiger partial charge in [0.05, 0.1) is 12.2 Å². The molecule has 0 aliphatic carbocycles. The molecule has 1 aliphatic rings. The van der Waals surface area contributed by atoms with Crippen LogP contribution < -0.4 is 5.32 Å². The maximum atomic E-state index is 11.8. The van der Waals surface area contributed by atoms with Crippen molar-refractivity contribution in [3.05, 3.63) is 24.5 Å².